The maximum atomic E-state index is 16.4. The van der Waals surface area contributed by atoms with Crippen molar-refractivity contribution < 1.29 is 33.0 Å². The van der Waals surface area contributed by atoms with Gasteiger partial charge in [-0.25, -0.2) is 0 Å². The highest BCUT2D eigenvalue weighted by Crippen LogP contribution is 2.61. The third-order valence-electron chi connectivity index (χ3n) is 10.9. The number of ether oxygens (including phenoxy) is 3. The van der Waals surface area contributed by atoms with Gasteiger partial charge in [0.25, 0.3) is 11.8 Å². The van der Waals surface area contributed by atoms with Crippen molar-refractivity contribution in [3.8, 4) is 17.2 Å². The first-order chi connectivity index (χ1) is 26.0. The van der Waals surface area contributed by atoms with Gasteiger partial charge in [0.05, 0.1) is 42.4 Å². The zero-order valence-electron chi connectivity index (χ0n) is 30.6. The molecule has 278 valence electrons. The summed E-state index contributed by atoms with van der Waals surface area (Å²) in [6.45, 7) is 5.85. The molecular weight excluding hydrogens is 706 g/mol. The van der Waals surface area contributed by atoms with Crippen LogP contribution in [0.3, 0.4) is 0 Å². The van der Waals surface area contributed by atoms with Gasteiger partial charge in [-0.15, -0.1) is 5.10 Å². The number of carbonyl (C=O) groups excluding carboxylic acids is 2. The monoisotopic (exact) mass is 747 g/mol. The maximum Gasteiger partial charge on any atom is 0.266 e. The van der Waals surface area contributed by atoms with Crippen LogP contribution in [-0.4, -0.2) is 60.1 Å². The molecule has 5 aromatic rings. The third kappa shape index (κ3) is 5.96. The molecule has 8 rings (SSSR count). The second kappa shape index (κ2) is 13.8. The van der Waals surface area contributed by atoms with E-state index in [1.165, 1.54) is 0 Å². The number of aliphatic hydroxyl groups is 1. The lowest BCUT2D eigenvalue weighted by Crippen LogP contribution is -2.45. The Labute approximate surface area is 314 Å². The molecule has 1 N–H and O–H groups in total. The fourth-order valence-corrected chi connectivity index (χ4v) is 11.1. The molecule has 3 aliphatic rings. The number of aryl methyl sites for hydroxylation is 1. The maximum absolute atomic E-state index is 16.4. The number of carbonyl (C=O) groups is 2. The molecule has 4 heterocycles. The lowest BCUT2D eigenvalue weighted by Gasteiger charge is -2.31. The van der Waals surface area contributed by atoms with Crippen LogP contribution in [0.4, 0.5) is 21.2 Å². The van der Waals surface area contributed by atoms with Crippen LogP contribution in [0.5, 0.6) is 17.2 Å². The summed E-state index contributed by atoms with van der Waals surface area (Å²) in [5, 5.41) is 17.6. The molecule has 54 heavy (non-hydrogen) atoms. The minimum atomic E-state index is -3.40. The summed E-state index contributed by atoms with van der Waals surface area (Å²) in [7, 11) is -1.83. The predicted molar refractivity (Wildman–Crippen MR) is 204 cm³/mol. The number of rotatable bonds is 10. The molecule has 11 nitrogen and oxygen atoms in total. The summed E-state index contributed by atoms with van der Waals surface area (Å²) in [5.74, 6) is 0.598. The number of benzene rings is 4. The smallest absolute Gasteiger partial charge is 0.266 e. The van der Waals surface area contributed by atoms with Crippen LogP contribution in [0.25, 0.3) is 0 Å². The van der Waals surface area contributed by atoms with E-state index in [9.17, 15) is 9.90 Å². The van der Waals surface area contributed by atoms with Gasteiger partial charge in [0.15, 0.2) is 11.4 Å². The van der Waals surface area contributed by atoms with Crippen LogP contribution < -0.4 is 19.3 Å². The molecule has 4 atom stereocenters. The highest BCUT2D eigenvalue weighted by Gasteiger charge is 2.66. The van der Waals surface area contributed by atoms with Crippen LogP contribution in [0.1, 0.15) is 40.5 Å². The first-order valence-electron chi connectivity index (χ1n) is 18.2. The molecule has 1 fully saturated rings. The lowest BCUT2D eigenvalue weighted by molar-refractivity contribution is -0.146. The van der Waals surface area contributed by atoms with Crippen molar-refractivity contribution in [3.05, 3.63) is 120 Å². The van der Waals surface area contributed by atoms with E-state index in [1.54, 1.807) is 53.0 Å². The molecule has 0 unspecified atom stereocenters. The highest BCUT2D eigenvalue weighted by molar-refractivity contribution is 6.72. The van der Waals surface area contributed by atoms with Crippen molar-refractivity contribution in [2.45, 2.75) is 63.2 Å². The number of halogens is 1. The van der Waals surface area contributed by atoms with E-state index in [0.29, 0.717) is 70.5 Å². The summed E-state index contributed by atoms with van der Waals surface area (Å²) in [5.41, 5.74) is 2.48. The molecule has 1 aromatic heterocycles. The van der Waals surface area contributed by atoms with Crippen LogP contribution in [-0.2, 0) is 34.6 Å². The fraction of sp³-hybridized carbons (Fsp3) is 0.317. The standard InChI is InChI=1S/C41H42FN5O6Si/c1-26-38(54(3,4)42)37(18-20-45-25-28(19-21-48)43-44-45)53-41(26)32-23-30(51-2)16-17-33(32)46(40(41)50)24-27-10-9-11-29(22-27)47-34-13-6-8-15-36(34)52-35-14-7-5-12-31(35)39(47)49/h5-17,22-23,25-26,37-38,48H,18-21,24H2,1-4H3/t26-,37+,38-,41+/m1/s1. The number of hydrogen-bond donors (Lipinski definition) is 1. The molecule has 0 saturated carbocycles. The molecule has 4 aromatic carbocycles. The Kier molecular flexibility index (Phi) is 9.11. The van der Waals surface area contributed by atoms with E-state index in [-0.39, 0.29) is 25.0 Å². The van der Waals surface area contributed by atoms with Gasteiger partial charge < -0.3 is 28.3 Å². The minimum Gasteiger partial charge on any atom is -0.497 e. The summed E-state index contributed by atoms with van der Waals surface area (Å²) in [4.78, 5) is 32.6. The fourth-order valence-electron chi connectivity index (χ4n) is 8.56. The Morgan fingerprint density at radius 3 is 2.52 bits per heavy atom. The molecule has 0 aliphatic carbocycles. The number of methoxy groups -OCH3 is 1. The van der Waals surface area contributed by atoms with Gasteiger partial charge in [-0.3, -0.25) is 19.2 Å². The van der Waals surface area contributed by atoms with Gasteiger partial charge in [-0.05, 0) is 79.7 Å². The summed E-state index contributed by atoms with van der Waals surface area (Å²) < 4.78 is 36.9. The molecule has 3 aliphatic heterocycles. The zero-order valence-corrected chi connectivity index (χ0v) is 31.6. The van der Waals surface area contributed by atoms with E-state index in [4.69, 9.17) is 14.2 Å². The van der Waals surface area contributed by atoms with E-state index in [1.807, 2.05) is 85.8 Å². The number of nitrogens with zero attached hydrogens (tertiary/aromatic N) is 5. The van der Waals surface area contributed by atoms with Crippen molar-refractivity contribution in [2.24, 2.45) is 5.92 Å². The molecular formula is C41H42FN5O6Si. The van der Waals surface area contributed by atoms with Gasteiger partial charge in [0, 0.05) is 48.5 Å². The topological polar surface area (TPSA) is 119 Å². The first-order valence-corrected chi connectivity index (χ1v) is 21.2. The zero-order chi connectivity index (χ0) is 37.8. The van der Waals surface area contributed by atoms with Crippen LogP contribution >= 0.6 is 0 Å². The number of hydrogen-bond acceptors (Lipinski definition) is 8. The van der Waals surface area contributed by atoms with Gasteiger partial charge in [0.1, 0.15) is 11.5 Å². The summed E-state index contributed by atoms with van der Waals surface area (Å²) in [6, 6.07) is 27.7. The largest absolute Gasteiger partial charge is 0.497 e. The first kappa shape index (κ1) is 35.6. The SMILES string of the molecule is COc1ccc2c(c1)[C@]1(O[C@@H](CCn3cc(CCO)nn3)[C@H]([Si](C)(C)F)[C@H]1C)C(=O)N2Cc1cccc(N2C(=O)c3ccccc3Oc3ccccc32)c1. The second-order valence-corrected chi connectivity index (χ2v) is 18.5. The average molecular weight is 748 g/mol. The van der Waals surface area contributed by atoms with Crippen molar-refractivity contribution in [2.75, 3.05) is 23.5 Å². The van der Waals surface area contributed by atoms with Crippen molar-refractivity contribution in [1.82, 2.24) is 15.0 Å². The Hall–Kier alpha value is -5.37. The van der Waals surface area contributed by atoms with Gasteiger partial charge in [-0.2, -0.15) is 0 Å². The predicted octanol–water partition coefficient (Wildman–Crippen LogP) is 7.32. The van der Waals surface area contributed by atoms with E-state index >= 15 is 8.90 Å². The summed E-state index contributed by atoms with van der Waals surface area (Å²) in [6.07, 6.45) is 2.02. The molecule has 13 heteroatoms. The number of para-hydroxylation sites is 3. The van der Waals surface area contributed by atoms with Gasteiger partial charge >= 0.3 is 0 Å². The van der Waals surface area contributed by atoms with E-state index < -0.39 is 31.6 Å². The van der Waals surface area contributed by atoms with Crippen molar-refractivity contribution in [1.29, 1.82) is 0 Å². The number of aliphatic hydroxyl groups excluding tert-OH is 1. The van der Waals surface area contributed by atoms with Crippen LogP contribution in [0.2, 0.25) is 18.6 Å². The number of aromatic nitrogens is 3. The van der Waals surface area contributed by atoms with Crippen molar-refractivity contribution >= 4 is 37.3 Å². The van der Waals surface area contributed by atoms with Crippen molar-refractivity contribution in [3.63, 3.8) is 0 Å². The van der Waals surface area contributed by atoms with E-state index in [2.05, 4.69) is 10.3 Å². The Morgan fingerprint density at radius 1 is 0.963 bits per heavy atom. The molecule has 2 amide bonds. The number of amides is 2. The number of anilines is 3. The number of fused-ring (bicyclic) bond motifs is 4. The van der Waals surface area contributed by atoms with E-state index in [0.717, 1.165) is 5.56 Å². The highest BCUT2D eigenvalue weighted by atomic mass is 28.4. The third-order valence-corrected chi connectivity index (χ3v) is 13.4. The normalized spacial score (nSPS) is 21.9. The van der Waals surface area contributed by atoms with Crippen LogP contribution in [0, 0.1) is 5.92 Å². The minimum absolute atomic E-state index is 0.0339. The van der Waals surface area contributed by atoms with Gasteiger partial charge in [-0.1, -0.05) is 48.5 Å². The lowest BCUT2D eigenvalue weighted by atomic mass is 9.82. The quantitative estimate of drug-likeness (QED) is 0.117. The van der Waals surface area contributed by atoms with Gasteiger partial charge in [0.2, 0.25) is 8.41 Å². The van der Waals surface area contributed by atoms with Crippen LogP contribution in [0.15, 0.2) is 97.2 Å². The average Bonchev–Trinajstić information content (AvgIpc) is 3.78. The Balaban J connectivity index is 1.15. The molecule has 1 saturated heterocycles. The Bertz CT molecular complexity index is 2240. The molecule has 0 radical (unpaired) electrons. The molecule has 1 spiro atoms. The second-order valence-electron chi connectivity index (χ2n) is 14.7. The summed E-state index contributed by atoms with van der Waals surface area (Å²) >= 11 is 0. The Morgan fingerprint density at radius 2 is 1.74 bits per heavy atom. The molecule has 0 bridgehead atoms.